The quantitative estimate of drug-likeness (QED) is 0.650. The first-order valence-electron chi connectivity index (χ1n) is 5.80. The second-order valence-electron chi connectivity index (χ2n) is 4.39. The molecule has 0 fully saturated rings. The van der Waals surface area contributed by atoms with Crippen LogP contribution in [0.4, 0.5) is 22.7 Å². The topological polar surface area (TPSA) is 90.1 Å². The first-order valence-corrected chi connectivity index (χ1v) is 5.80. The standard InChI is InChI=1S/C14H18N4.ClH/c1-9-6-11(15)3-5-14(9)18-8-10-7-12(16)2-4-13(10)17;/h2-7,18H,8,15-17H2,1H3;1H. The monoisotopic (exact) mass is 278 g/mol. The maximum absolute atomic E-state index is 5.90. The second kappa shape index (κ2) is 6.20. The van der Waals surface area contributed by atoms with Crippen LogP contribution < -0.4 is 22.5 Å². The van der Waals surface area contributed by atoms with E-state index in [1.54, 1.807) is 6.07 Å². The molecule has 0 amide bonds. The SMILES string of the molecule is Cc1cc(N)ccc1NCc1cc(N)ccc1N.Cl. The lowest BCUT2D eigenvalue weighted by molar-refractivity contribution is 1.15. The molecule has 19 heavy (non-hydrogen) atoms. The van der Waals surface area contributed by atoms with Crippen molar-refractivity contribution < 1.29 is 0 Å². The highest BCUT2D eigenvalue weighted by Crippen LogP contribution is 2.21. The highest BCUT2D eigenvalue weighted by molar-refractivity contribution is 5.85. The number of nitrogens with two attached hydrogens (primary N) is 3. The number of halogens is 1. The van der Waals surface area contributed by atoms with Crippen LogP contribution in [0.1, 0.15) is 11.1 Å². The predicted octanol–water partition coefficient (Wildman–Crippen LogP) is 2.78. The van der Waals surface area contributed by atoms with Gasteiger partial charge in [-0.1, -0.05) is 0 Å². The third-order valence-electron chi connectivity index (χ3n) is 2.89. The van der Waals surface area contributed by atoms with E-state index in [4.69, 9.17) is 17.2 Å². The minimum Gasteiger partial charge on any atom is -0.399 e. The molecule has 0 aromatic heterocycles. The van der Waals surface area contributed by atoms with Gasteiger partial charge in [0.05, 0.1) is 0 Å². The Bertz CT molecular complexity index is 569. The lowest BCUT2D eigenvalue weighted by atomic mass is 10.1. The number of nitrogen functional groups attached to an aromatic ring is 3. The van der Waals surface area contributed by atoms with Gasteiger partial charge in [-0.05, 0) is 54.4 Å². The van der Waals surface area contributed by atoms with Crippen LogP contribution in [0.3, 0.4) is 0 Å². The molecule has 0 saturated heterocycles. The molecule has 5 heteroatoms. The fourth-order valence-electron chi connectivity index (χ4n) is 1.85. The van der Waals surface area contributed by atoms with Crippen LogP contribution in [0.2, 0.25) is 0 Å². The van der Waals surface area contributed by atoms with Crippen molar-refractivity contribution >= 4 is 35.2 Å². The fourth-order valence-corrected chi connectivity index (χ4v) is 1.85. The lowest BCUT2D eigenvalue weighted by Gasteiger charge is -2.12. The lowest BCUT2D eigenvalue weighted by Crippen LogP contribution is -2.05. The van der Waals surface area contributed by atoms with Gasteiger partial charge in [-0.15, -0.1) is 12.4 Å². The Hall–Kier alpha value is -2.07. The third-order valence-corrected chi connectivity index (χ3v) is 2.89. The van der Waals surface area contributed by atoms with E-state index >= 15 is 0 Å². The van der Waals surface area contributed by atoms with Gasteiger partial charge in [-0.3, -0.25) is 0 Å². The number of hydrogen-bond acceptors (Lipinski definition) is 4. The summed E-state index contributed by atoms with van der Waals surface area (Å²) in [6.45, 7) is 2.66. The molecule has 0 aliphatic carbocycles. The first kappa shape index (κ1) is 15.0. The van der Waals surface area contributed by atoms with Crippen LogP contribution in [0.25, 0.3) is 0 Å². The van der Waals surface area contributed by atoms with Crippen molar-refractivity contribution in [3.63, 3.8) is 0 Å². The number of aryl methyl sites for hydroxylation is 1. The van der Waals surface area contributed by atoms with Crippen LogP contribution in [-0.4, -0.2) is 0 Å². The molecule has 0 bridgehead atoms. The smallest absolute Gasteiger partial charge is 0.0422 e. The Labute approximate surface area is 119 Å². The summed E-state index contributed by atoms with van der Waals surface area (Å²) >= 11 is 0. The van der Waals surface area contributed by atoms with Gasteiger partial charge in [-0.2, -0.15) is 0 Å². The van der Waals surface area contributed by atoms with Crippen molar-refractivity contribution in [1.29, 1.82) is 0 Å². The number of anilines is 4. The number of rotatable bonds is 3. The normalized spacial score (nSPS) is 9.74. The fraction of sp³-hybridized carbons (Fsp3) is 0.143. The number of benzene rings is 2. The summed E-state index contributed by atoms with van der Waals surface area (Å²) in [6.07, 6.45) is 0. The molecule has 0 aliphatic rings. The summed E-state index contributed by atoms with van der Waals surface area (Å²) in [7, 11) is 0. The van der Waals surface area contributed by atoms with Crippen molar-refractivity contribution in [2.24, 2.45) is 0 Å². The molecule has 2 aromatic rings. The van der Waals surface area contributed by atoms with Gasteiger partial charge in [0, 0.05) is 29.3 Å². The molecule has 2 aromatic carbocycles. The predicted molar refractivity (Wildman–Crippen MR) is 85.4 cm³/mol. The zero-order valence-electron chi connectivity index (χ0n) is 10.8. The van der Waals surface area contributed by atoms with Crippen molar-refractivity contribution in [2.75, 3.05) is 22.5 Å². The summed E-state index contributed by atoms with van der Waals surface area (Å²) in [5, 5.41) is 3.33. The molecule has 0 heterocycles. The largest absolute Gasteiger partial charge is 0.399 e. The average Bonchev–Trinajstić information content (AvgIpc) is 2.32. The van der Waals surface area contributed by atoms with Crippen molar-refractivity contribution in [3.05, 3.63) is 47.5 Å². The summed E-state index contributed by atoms with van der Waals surface area (Å²) in [6, 6.07) is 11.3. The summed E-state index contributed by atoms with van der Waals surface area (Å²) in [5.41, 5.74) is 22.7. The number of nitrogens with one attached hydrogen (secondary N) is 1. The summed E-state index contributed by atoms with van der Waals surface area (Å²) in [4.78, 5) is 0. The van der Waals surface area contributed by atoms with Gasteiger partial charge in [-0.25, -0.2) is 0 Å². The Morgan fingerprint density at radius 2 is 1.58 bits per heavy atom. The van der Waals surface area contributed by atoms with E-state index in [0.29, 0.717) is 6.54 Å². The van der Waals surface area contributed by atoms with Crippen LogP contribution in [0.5, 0.6) is 0 Å². The maximum Gasteiger partial charge on any atom is 0.0422 e. The molecule has 102 valence electrons. The number of hydrogen-bond donors (Lipinski definition) is 4. The van der Waals surface area contributed by atoms with Gasteiger partial charge < -0.3 is 22.5 Å². The summed E-state index contributed by atoms with van der Waals surface area (Å²) in [5.74, 6) is 0. The average molecular weight is 279 g/mol. The molecule has 0 radical (unpaired) electrons. The van der Waals surface area contributed by atoms with E-state index in [1.165, 1.54) is 0 Å². The Balaban J connectivity index is 0.00000180. The molecule has 0 unspecified atom stereocenters. The Morgan fingerprint density at radius 1 is 0.947 bits per heavy atom. The summed E-state index contributed by atoms with van der Waals surface area (Å²) < 4.78 is 0. The van der Waals surface area contributed by atoms with Gasteiger partial charge in [0.15, 0.2) is 0 Å². The van der Waals surface area contributed by atoms with E-state index in [-0.39, 0.29) is 12.4 Å². The highest BCUT2D eigenvalue weighted by Gasteiger charge is 2.02. The van der Waals surface area contributed by atoms with Gasteiger partial charge in [0.2, 0.25) is 0 Å². The molecule has 0 spiro atoms. The van der Waals surface area contributed by atoms with E-state index in [2.05, 4.69) is 5.32 Å². The first-order chi connectivity index (χ1) is 8.56. The Morgan fingerprint density at radius 3 is 2.26 bits per heavy atom. The van der Waals surface area contributed by atoms with Crippen LogP contribution in [0.15, 0.2) is 36.4 Å². The molecule has 2 rings (SSSR count). The van der Waals surface area contributed by atoms with Gasteiger partial charge in [0.25, 0.3) is 0 Å². The molecule has 0 aliphatic heterocycles. The molecule has 7 N–H and O–H groups in total. The minimum absolute atomic E-state index is 0. The second-order valence-corrected chi connectivity index (χ2v) is 4.39. The van der Waals surface area contributed by atoms with Crippen LogP contribution in [0, 0.1) is 6.92 Å². The maximum atomic E-state index is 5.90. The van der Waals surface area contributed by atoms with E-state index in [0.717, 1.165) is 33.9 Å². The van der Waals surface area contributed by atoms with Gasteiger partial charge >= 0.3 is 0 Å². The van der Waals surface area contributed by atoms with Crippen LogP contribution in [-0.2, 0) is 6.54 Å². The molecule has 4 nitrogen and oxygen atoms in total. The zero-order chi connectivity index (χ0) is 13.1. The van der Waals surface area contributed by atoms with E-state index in [9.17, 15) is 0 Å². The van der Waals surface area contributed by atoms with E-state index < -0.39 is 0 Å². The molecule has 0 atom stereocenters. The molecule has 0 saturated carbocycles. The molecular weight excluding hydrogens is 260 g/mol. The van der Waals surface area contributed by atoms with Crippen LogP contribution >= 0.6 is 12.4 Å². The third kappa shape index (κ3) is 3.69. The zero-order valence-corrected chi connectivity index (χ0v) is 11.6. The molecular formula is C14H19ClN4. The minimum atomic E-state index is 0. The highest BCUT2D eigenvalue weighted by atomic mass is 35.5. The van der Waals surface area contributed by atoms with Crippen molar-refractivity contribution in [1.82, 2.24) is 0 Å². The van der Waals surface area contributed by atoms with E-state index in [1.807, 2.05) is 37.3 Å². The van der Waals surface area contributed by atoms with Gasteiger partial charge in [0.1, 0.15) is 0 Å². The van der Waals surface area contributed by atoms with Crippen molar-refractivity contribution in [3.8, 4) is 0 Å². The Kier molecular flexibility index (Phi) is 4.89. The van der Waals surface area contributed by atoms with Crippen molar-refractivity contribution in [2.45, 2.75) is 13.5 Å².